The number of carboxylic acids is 1. The zero-order chi connectivity index (χ0) is 19.6. The number of aromatic hydroxyl groups is 1. The highest BCUT2D eigenvalue weighted by molar-refractivity contribution is 6.04. The second kappa shape index (κ2) is 7.69. The molecule has 1 fully saturated rings. The molecule has 0 saturated heterocycles. The number of carbonyl (C=O) groups excluding carboxylic acids is 1. The molecule has 0 unspecified atom stereocenters. The molecule has 1 saturated carbocycles. The fourth-order valence-corrected chi connectivity index (χ4v) is 3.19. The van der Waals surface area contributed by atoms with Crippen molar-refractivity contribution in [3.63, 3.8) is 0 Å². The van der Waals surface area contributed by atoms with Crippen LogP contribution in [0.2, 0.25) is 0 Å². The summed E-state index contributed by atoms with van der Waals surface area (Å²) in [6.07, 6.45) is 5.02. The van der Waals surface area contributed by atoms with Crippen LogP contribution in [0, 0.1) is 0 Å². The lowest BCUT2D eigenvalue weighted by atomic mass is 9.97. The SMILES string of the molecule is C[C@H](NC(=O)c1c(O)c2c(OC3CCCCC3)cccc2oc1=O)C(=O)O. The van der Waals surface area contributed by atoms with Gasteiger partial charge in [-0.1, -0.05) is 12.5 Å². The first-order chi connectivity index (χ1) is 12.9. The Labute approximate surface area is 154 Å². The van der Waals surface area contributed by atoms with Gasteiger partial charge < -0.3 is 24.7 Å². The molecular weight excluding hydrogens is 354 g/mol. The number of carboxylic acid groups (broad SMARTS) is 1. The van der Waals surface area contributed by atoms with E-state index in [1.807, 2.05) is 0 Å². The third kappa shape index (κ3) is 3.89. The number of amides is 1. The molecule has 1 aliphatic carbocycles. The molecule has 1 amide bonds. The van der Waals surface area contributed by atoms with Gasteiger partial charge in [0.05, 0.1) is 6.10 Å². The van der Waals surface area contributed by atoms with Crippen molar-refractivity contribution in [2.24, 2.45) is 0 Å². The molecule has 144 valence electrons. The molecule has 1 atom stereocenters. The Morgan fingerprint density at radius 1 is 1.26 bits per heavy atom. The number of hydrogen-bond acceptors (Lipinski definition) is 6. The molecule has 1 aromatic heterocycles. The van der Waals surface area contributed by atoms with Gasteiger partial charge >= 0.3 is 11.6 Å². The van der Waals surface area contributed by atoms with Gasteiger partial charge in [-0.05, 0) is 44.7 Å². The molecule has 3 N–H and O–H groups in total. The van der Waals surface area contributed by atoms with Crippen LogP contribution in [-0.2, 0) is 4.79 Å². The molecule has 1 heterocycles. The maximum absolute atomic E-state index is 12.3. The van der Waals surface area contributed by atoms with E-state index in [2.05, 4.69) is 5.32 Å². The van der Waals surface area contributed by atoms with E-state index < -0.39 is 34.9 Å². The highest BCUT2D eigenvalue weighted by Gasteiger charge is 2.26. The van der Waals surface area contributed by atoms with Crippen LogP contribution in [0.15, 0.2) is 27.4 Å². The predicted octanol–water partition coefficient (Wildman–Crippen LogP) is 2.41. The minimum atomic E-state index is -1.27. The number of fused-ring (bicyclic) bond motifs is 1. The first-order valence-electron chi connectivity index (χ1n) is 8.87. The maximum atomic E-state index is 12.3. The van der Waals surface area contributed by atoms with E-state index in [0.717, 1.165) is 32.1 Å². The van der Waals surface area contributed by atoms with Crippen molar-refractivity contribution in [2.45, 2.75) is 51.2 Å². The third-order valence-corrected chi connectivity index (χ3v) is 4.66. The summed E-state index contributed by atoms with van der Waals surface area (Å²) < 4.78 is 11.2. The molecule has 8 nitrogen and oxygen atoms in total. The van der Waals surface area contributed by atoms with Gasteiger partial charge in [-0.15, -0.1) is 0 Å². The molecular formula is C19H21NO7. The topological polar surface area (TPSA) is 126 Å². The standard InChI is InChI=1S/C19H21NO7/c1-10(18(23)24)20-17(22)15-16(21)14-12(26-11-6-3-2-4-7-11)8-5-9-13(14)27-19(15)25/h5,8-11,21H,2-4,6-7H2,1H3,(H,20,22)(H,23,24)/t10-/m0/s1. The Balaban J connectivity index is 2.03. The lowest BCUT2D eigenvalue weighted by Gasteiger charge is -2.23. The molecule has 0 aliphatic heterocycles. The van der Waals surface area contributed by atoms with E-state index in [0.29, 0.717) is 5.75 Å². The molecule has 1 aliphatic rings. The number of hydrogen-bond donors (Lipinski definition) is 3. The van der Waals surface area contributed by atoms with Crippen LogP contribution in [0.4, 0.5) is 0 Å². The maximum Gasteiger partial charge on any atom is 0.353 e. The number of nitrogens with one attached hydrogen (secondary N) is 1. The van der Waals surface area contributed by atoms with Crippen LogP contribution in [0.25, 0.3) is 11.0 Å². The summed E-state index contributed by atoms with van der Waals surface area (Å²) in [4.78, 5) is 35.4. The number of aliphatic carboxylic acids is 1. The van der Waals surface area contributed by atoms with Crippen molar-refractivity contribution in [2.75, 3.05) is 0 Å². The largest absolute Gasteiger partial charge is 0.506 e. The Bertz CT molecular complexity index is 928. The first kappa shape index (κ1) is 18.8. The smallest absolute Gasteiger partial charge is 0.353 e. The second-order valence-electron chi connectivity index (χ2n) is 6.65. The number of ether oxygens (including phenoxy) is 1. The van der Waals surface area contributed by atoms with Crippen molar-refractivity contribution in [1.82, 2.24) is 5.32 Å². The zero-order valence-electron chi connectivity index (χ0n) is 14.9. The van der Waals surface area contributed by atoms with E-state index in [4.69, 9.17) is 14.3 Å². The molecule has 0 bridgehead atoms. The summed E-state index contributed by atoms with van der Waals surface area (Å²) in [5.41, 5.74) is -1.60. The summed E-state index contributed by atoms with van der Waals surface area (Å²) in [7, 11) is 0. The summed E-state index contributed by atoms with van der Waals surface area (Å²) in [6.45, 7) is 1.25. The first-order valence-corrected chi connectivity index (χ1v) is 8.87. The lowest BCUT2D eigenvalue weighted by molar-refractivity contribution is -0.138. The van der Waals surface area contributed by atoms with Crippen molar-refractivity contribution in [3.05, 3.63) is 34.2 Å². The van der Waals surface area contributed by atoms with Crippen LogP contribution >= 0.6 is 0 Å². The van der Waals surface area contributed by atoms with Gasteiger partial charge in [0.2, 0.25) is 0 Å². The molecule has 0 radical (unpaired) electrons. The predicted molar refractivity (Wildman–Crippen MR) is 96.2 cm³/mol. The summed E-state index contributed by atoms with van der Waals surface area (Å²) >= 11 is 0. The van der Waals surface area contributed by atoms with Crippen LogP contribution in [0.5, 0.6) is 11.5 Å². The minimum absolute atomic E-state index is 0.0139. The van der Waals surface area contributed by atoms with E-state index in [-0.39, 0.29) is 17.1 Å². The molecule has 3 rings (SSSR count). The number of rotatable bonds is 5. The van der Waals surface area contributed by atoms with Crippen LogP contribution < -0.4 is 15.7 Å². The van der Waals surface area contributed by atoms with Gasteiger partial charge in [-0.25, -0.2) is 4.79 Å². The van der Waals surface area contributed by atoms with Crippen molar-refractivity contribution < 1.29 is 29.0 Å². The highest BCUT2D eigenvalue weighted by Crippen LogP contribution is 2.36. The van der Waals surface area contributed by atoms with Crippen LogP contribution in [0.1, 0.15) is 49.4 Å². The van der Waals surface area contributed by atoms with E-state index in [9.17, 15) is 19.5 Å². The van der Waals surface area contributed by atoms with E-state index in [1.165, 1.54) is 13.0 Å². The summed E-state index contributed by atoms with van der Waals surface area (Å²) in [5.74, 6) is -2.55. The number of carbonyl (C=O) groups is 2. The van der Waals surface area contributed by atoms with Gasteiger partial charge in [-0.2, -0.15) is 0 Å². The molecule has 27 heavy (non-hydrogen) atoms. The molecule has 0 spiro atoms. The minimum Gasteiger partial charge on any atom is -0.506 e. The van der Waals surface area contributed by atoms with Crippen molar-refractivity contribution in [3.8, 4) is 11.5 Å². The van der Waals surface area contributed by atoms with Crippen molar-refractivity contribution in [1.29, 1.82) is 0 Å². The zero-order valence-corrected chi connectivity index (χ0v) is 14.9. The Kier molecular flexibility index (Phi) is 5.34. The molecule has 2 aromatic rings. The second-order valence-corrected chi connectivity index (χ2v) is 6.65. The Morgan fingerprint density at radius 2 is 1.96 bits per heavy atom. The van der Waals surface area contributed by atoms with Gasteiger partial charge in [0.15, 0.2) is 11.3 Å². The van der Waals surface area contributed by atoms with Crippen LogP contribution in [-0.4, -0.2) is 34.2 Å². The van der Waals surface area contributed by atoms with Gasteiger partial charge in [-0.3, -0.25) is 9.59 Å². The quantitative estimate of drug-likeness (QED) is 0.685. The van der Waals surface area contributed by atoms with E-state index in [1.54, 1.807) is 12.1 Å². The van der Waals surface area contributed by atoms with Gasteiger partial charge in [0.1, 0.15) is 22.8 Å². The highest BCUT2D eigenvalue weighted by atomic mass is 16.5. The lowest BCUT2D eigenvalue weighted by Crippen LogP contribution is -2.40. The molecule has 1 aromatic carbocycles. The fourth-order valence-electron chi connectivity index (χ4n) is 3.19. The average molecular weight is 375 g/mol. The van der Waals surface area contributed by atoms with Gasteiger partial charge in [0.25, 0.3) is 5.91 Å². The van der Waals surface area contributed by atoms with Crippen molar-refractivity contribution >= 4 is 22.8 Å². The Morgan fingerprint density at radius 3 is 2.63 bits per heavy atom. The Hall–Kier alpha value is -3.03. The van der Waals surface area contributed by atoms with Gasteiger partial charge in [0, 0.05) is 0 Å². The van der Waals surface area contributed by atoms with Crippen LogP contribution in [0.3, 0.4) is 0 Å². The monoisotopic (exact) mass is 375 g/mol. The third-order valence-electron chi connectivity index (χ3n) is 4.66. The number of benzene rings is 1. The fraction of sp³-hybridized carbons (Fsp3) is 0.421. The normalized spacial score (nSPS) is 16.0. The molecule has 8 heteroatoms. The summed E-state index contributed by atoms with van der Waals surface area (Å²) in [6, 6.07) is 3.53. The van der Waals surface area contributed by atoms with E-state index >= 15 is 0 Å². The summed E-state index contributed by atoms with van der Waals surface area (Å²) in [5, 5.41) is 21.8. The average Bonchev–Trinajstić information content (AvgIpc) is 2.62.